The summed E-state index contributed by atoms with van der Waals surface area (Å²) in [5.41, 5.74) is 1.72. The molecule has 2 aromatic carbocycles. The van der Waals surface area contributed by atoms with Crippen molar-refractivity contribution in [3.63, 3.8) is 0 Å². The number of aromatic nitrogens is 1. The third kappa shape index (κ3) is 5.42. The molecule has 0 atom stereocenters. The van der Waals surface area contributed by atoms with Gasteiger partial charge in [0, 0.05) is 55.2 Å². The first-order chi connectivity index (χ1) is 16.8. The fourth-order valence-corrected chi connectivity index (χ4v) is 5.52. The molecule has 0 radical (unpaired) electrons. The van der Waals surface area contributed by atoms with Crippen LogP contribution in [0, 0.1) is 0 Å². The van der Waals surface area contributed by atoms with Gasteiger partial charge >= 0.3 is 0 Å². The Labute approximate surface area is 218 Å². The molecule has 0 N–H and O–H groups in total. The lowest BCUT2D eigenvalue weighted by Crippen LogP contribution is -2.50. The number of hydrogen-bond acceptors (Lipinski definition) is 5. The van der Waals surface area contributed by atoms with E-state index in [1.54, 1.807) is 22.1 Å². The monoisotopic (exact) mass is 529 g/mol. The van der Waals surface area contributed by atoms with Gasteiger partial charge in [-0.1, -0.05) is 47.6 Å². The number of piperazine rings is 1. The third-order valence-corrected chi connectivity index (χ3v) is 7.66. The largest absolute Gasteiger partial charge is 0.490 e. The zero-order valence-corrected chi connectivity index (χ0v) is 21.8. The first kappa shape index (κ1) is 25.4. The first-order valence-electron chi connectivity index (χ1n) is 11.2. The van der Waals surface area contributed by atoms with Crippen LogP contribution < -0.4 is 4.74 Å². The molecular weight excluding hydrogens is 505 g/mol. The van der Waals surface area contributed by atoms with Crippen molar-refractivity contribution in [1.29, 1.82) is 0 Å². The second-order valence-electron chi connectivity index (χ2n) is 8.04. The van der Waals surface area contributed by atoms with Gasteiger partial charge in [-0.15, -0.1) is 0 Å². The van der Waals surface area contributed by atoms with Crippen molar-refractivity contribution in [2.24, 2.45) is 0 Å². The van der Waals surface area contributed by atoms with E-state index in [-0.39, 0.29) is 11.8 Å². The van der Waals surface area contributed by atoms with Gasteiger partial charge in [0.05, 0.1) is 21.5 Å². The Hall–Kier alpha value is -2.74. The van der Waals surface area contributed by atoms with Gasteiger partial charge in [0.1, 0.15) is 5.52 Å². The molecule has 0 bridgehead atoms. The van der Waals surface area contributed by atoms with Gasteiger partial charge in [-0.05, 0) is 42.8 Å². The van der Waals surface area contributed by atoms with E-state index in [9.17, 15) is 9.59 Å². The van der Waals surface area contributed by atoms with E-state index in [1.807, 2.05) is 37.3 Å². The highest BCUT2D eigenvalue weighted by Gasteiger charge is 2.25. The number of carbonyl (C=O) groups excluding carboxylic acids is 2. The molecular formula is C26H25Cl2N3O3S. The van der Waals surface area contributed by atoms with Gasteiger partial charge in [0.15, 0.2) is 5.75 Å². The predicted octanol–water partition coefficient (Wildman–Crippen LogP) is 5.80. The van der Waals surface area contributed by atoms with Crippen LogP contribution in [0.15, 0.2) is 59.0 Å². The molecule has 35 heavy (non-hydrogen) atoms. The zero-order chi connectivity index (χ0) is 25.1. The molecule has 182 valence electrons. The molecule has 0 spiro atoms. The zero-order valence-electron chi connectivity index (χ0n) is 19.5. The molecule has 0 saturated carbocycles. The highest BCUT2D eigenvalue weighted by molar-refractivity contribution is 7.99. The maximum Gasteiger partial charge on any atom is 0.253 e. The Kier molecular flexibility index (Phi) is 7.89. The average molecular weight is 530 g/mol. The van der Waals surface area contributed by atoms with Crippen molar-refractivity contribution in [1.82, 2.24) is 14.8 Å². The summed E-state index contributed by atoms with van der Waals surface area (Å²) in [6.45, 7) is 9.96. The summed E-state index contributed by atoms with van der Waals surface area (Å²) in [5, 5.41) is 1.89. The van der Waals surface area contributed by atoms with Gasteiger partial charge in [0.25, 0.3) is 5.91 Å². The lowest BCUT2D eigenvalue weighted by atomic mass is 10.1. The number of nitrogens with zero attached hydrogens (tertiary/aromatic N) is 3. The van der Waals surface area contributed by atoms with E-state index in [2.05, 4.69) is 11.6 Å². The van der Waals surface area contributed by atoms with Crippen molar-refractivity contribution < 1.29 is 14.3 Å². The minimum atomic E-state index is -0.157. The smallest absolute Gasteiger partial charge is 0.253 e. The van der Waals surface area contributed by atoms with Crippen LogP contribution in [0.3, 0.4) is 0 Å². The van der Waals surface area contributed by atoms with Gasteiger partial charge in [-0.25, -0.2) is 0 Å². The van der Waals surface area contributed by atoms with Crippen LogP contribution in [0.1, 0.15) is 19.4 Å². The van der Waals surface area contributed by atoms with Crippen LogP contribution >= 0.6 is 35.0 Å². The van der Waals surface area contributed by atoms with Crippen molar-refractivity contribution in [2.45, 2.75) is 23.6 Å². The minimum Gasteiger partial charge on any atom is -0.490 e. The summed E-state index contributed by atoms with van der Waals surface area (Å²) in [4.78, 5) is 34.0. The fourth-order valence-electron chi connectivity index (χ4n) is 3.94. The molecule has 3 aromatic rings. The summed E-state index contributed by atoms with van der Waals surface area (Å²) in [7, 11) is 0. The molecule has 1 aliphatic heterocycles. The Morgan fingerprint density at radius 1 is 1.06 bits per heavy atom. The van der Waals surface area contributed by atoms with Crippen LogP contribution in [0.4, 0.5) is 0 Å². The third-order valence-electron chi connectivity index (χ3n) is 5.82. The summed E-state index contributed by atoms with van der Waals surface area (Å²) < 4.78 is 5.93. The number of halogens is 2. The molecule has 1 aliphatic rings. The minimum absolute atomic E-state index is 0.0202. The van der Waals surface area contributed by atoms with Gasteiger partial charge in [-0.2, -0.15) is 0 Å². The average Bonchev–Trinajstić information content (AvgIpc) is 2.86. The molecule has 1 aromatic heterocycles. The van der Waals surface area contributed by atoms with Crippen LogP contribution in [0.2, 0.25) is 10.0 Å². The molecule has 1 fully saturated rings. The van der Waals surface area contributed by atoms with Crippen LogP contribution in [-0.4, -0.2) is 59.4 Å². The van der Waals surface area contributed by atoms with Crippen molar-refractivity contribution in [3.05, 3.63) is 64.8 Å². The predicted molar refractivity (Wildman–Crippen MR) is 141 cm³/mol. The standard InChI is InChI=1S/C26H25Cl2N3O3S/c1-4-34-25-23(15-20(27)19-6-5-9-29-24(19)25)35-22-8-7-18(14-21(22)28)16(2)26(33)31-12-10-30(11-13-31)17(3)32/h5-9,14-15H,2,4,10-13H2,1,3H3. The summed E-state index contributed by atoms with van der Waals surface area (Å²) in [6, 6.07) is 11.0. The Balaban J connectivity index is 1.55. The normalized spacial score (nSPS) is 13.7. The highest BCUT2D eigenvalue weighted by atomic mass is 35.5. The van der Waals surface area contributed by atoms with E-state index in [1.165, 1.54) is 18.7 Å². The van der Waals surface area contributed by atoms with Crippen LogP contribution in [0.5, 0.6) is 5.75 Å². The number of hydrogen-bond donors (Lipinski definition) is 0. The van der Waals surface area contributed by atoms with E-state index in [0.717, 1.165) is 15.2 Å². The molecule has 4 rings (SSSR count). The number of benzene rings is 2. The maximum atomic E-state index is 13.0. The molecule has 0 aliphatic carbocycles. The van der Waals surface area contributed by atoms with E-state index >= 15 is 0 Å². The first-order valence-corrected chi connectivity index (χ1v) is 12.8. The number of rotatable bonds is 6. The molecule has 2 heterocycles. The summed E-state index contributed by atoms with van der Waals surface area (Å²) in [5.74, 6) is 0.518. The Morgan fingerprint density at radius 3 is 2.43 bits per heavy atom. The second kappa shape index (κ2) is 10.9. The molecule has 2 amide bonds. The van der Waals surface area contributed by atoms with Gasteiger partial charge < -0.3 is 14.5 Å². The SMILES string of the molecule is C=C(C(=O)N1CCN(C(C)=O)CC1)c1ccc(Sc2cc(Cl)c3cccnc3c2OCC)c(Cl)c1. The number of amides is 2. The fraction of sp³-hybridized carbons (Fsp3) is 0.269. The molecule has 9 heteroatoms. The van der Waals surface area contributed by atoms with Crippen molar-refractivity contribution in [3.8, 4) is 5.75 Å². The molecule has 0 unspecified atom stereocenters. The molecule has 6 nitrogen and oxygen atoms in total. The van der Waals surface area contributed by atoms with E-state index < -0.39 is 0 Å². The number of ether oxygens (including phenoxy) is 1. The lowest BCUT2D eigenvalue weighted by molar-refractivity contribution is -0.135. The number of carbonyl (C=O) groups is 2. The van der Waals surface area contributed by atoms with Crippen molar-refractivity contribution >= 4 is 63.3 Å². The van der Waals surface area contributed by atoms with Crippen molar-refractivity contribution in [2.75, 3.05) is 32.8 Å². The Bertz CT molecular complexity index is 1310. The quantitative estimate of drug-likeness (QED) is 0.378. The van der Waals surface area contributed by atoms with Crippen LogP contribution in [0.25, 0.3) is 16.5 Å². The van der Waals surface area contributed by atoms with E-state index in [0.29, 0.717) is 65.2 Å². The maximum absolute atomic E-state index is 13.0. The van der Waals surface area contributed by atoms with Crippen LogP contribution in [-0.2, 0) is 9.59 Å². The lowest BCUT2D eigenvalue weighted by Gasteiger charge is -2.34. The highest BCUT2D eigenvalue weighted by Crippen LogP contribution is 2.44. The molecule has 1 saturated heterocycles. The number of pyridine rings is 1. The van der Waals surface area contributed by atoms with Gasteiger partial charge in [-0.3, -0.25) is 14.6 Å². The van der Waals surface area contributed by atoms with Gasteiger partial charge in [0.2, 0.25) is 5.91 Å². The van der Waals surface area contributed by atoms with E-state index in [4.69, 9.17) is 27.9 Å². The second-order valence-corrected chi connectivity index (χ2v) is 9.94. The number of fused-ring (bicyclic) bond motifs is 1. The topological polar surface area (TPSA) is 62.7 Å². The summed E-state index contributed by atoms with van der Waals surface area (Å²) >= 11 is 14.6. The summed E-state index contributed by atoms with van der Waals surface area (Å²) in [6.07, 6.45) is 1.71. The Morgan fingerprint density at radius 2 is 1.77 bits per heavy atom.